The van der Waals surface area contributed by atoms with Gasteiger partial charge in [0.15, 0.2) is 0 Å². The van der Waals surface area contributed by atoms with Crippen molar-refractivity contribution in [3.8, 4) is 0 Å². The van der Waals surface area contributed by atoms with Crippen molar-refractivity contribution in [1.82, 2.24) is 25.5 Å². The van der Waals surface area contributed by atoms with Crippen molar-refractivity contribution in [2.75, 3.05) is 5.75 Å². The summed E-state index contributed by atoms with van der Waals surface area (Å²) < 4.78 is 1.52. The predicted molar refractivity (Wildman–Crippen MR) is 77.5 cm³/mol. The molecule has 0 aliphatic carbocycles. The third-order valence-electron chi connectivity index (χ3n) is 2.66. The molecule has 6 nitrogen and oxygen atoms in total. The lowest BCUT2D eigenvalue weighted by Gasteiger charge is -2.15. The zero-order chi connectivity index (χ0) is 14.5. The topological polar surface area (TPSA) is 72.7 Å². The van der Waals surface area contributed by atoms with Gasteiger partial charge in [0, 0.05) is 12.1 Å². The Balaban J connectivity index is 1.88. The Morgan fingerprint density at radius 2 is 2.25 bits per heavy atom. The molecule has 0 bridgehead atoms. The molecular formula is C12H14ClN5OS. The second-order valence-corrected chi connectivity index (χ2v) is 5.53. The van der Waals surface area contributed by atoms with Crippen molar-refractivity contribution in [1.29, 1.82) is 0 Å². The number of nitrogens with zero attached hydrogens (tertiary/aromatic N) is 4. The van der Waals surface area contributed by atoms with Crippen molar-refractivity contribution in [3.63, 3.8) is 0 Å². The Labute approximate surface area is 125 Å². The van der Waals surface area contributed by atoms with Crippen molar-refractivity contribution in [3.05, 3.63) is 34.9 Å². The van der Waals surface area contributed by atoms with E-state index in [0.717, 1.165) is 5.56 Å². The first-order valence-corrected chi connectivity index (χ1v) is 7.33. The summed E-state index contributed by atoms with van der Waals surface area (Å²) in [6, 6.07) is 7.31. The number of rotatable bonds is 5. The van der Waals surface area contributed by atoms with Gasteiger partial charge in [0.05, 0.1) is 11.8 Å². The summed E-state index contributed by atoms with van der Waals surface area (Å²) in [6.07, 6.45) is 0. The molecule has 0 aliphatic rings. The van der Waals surface area contributed by atoms with Crippen LogP contribution in [0.25, 0.3) is 0 Å². The van der Waals surface area contributed by atoms with E-state index in [-0.39, 0.29) is 17.7 Å². The fourth-order valence-electron chi connectivity index (χ4n) is 1.66. The highest BCUT2D eigenvalue weighted by atomic mass is 35.5. The minimum Gasteiger partial charge on any atom is -0.349 e. The zero-order valence-electron chi connectivity index (χ0n) is 11.1. The van der Waals surface area contributed by atoms with Gasteiger partial charge in [-0.25, -0.2) is 4.68 Å². The molecule has 0 radical (unpaired) electrons. The third-order valence-corrected chi connectivity index (χ3v) is 4.02. The molecule has 1 N–H and O–H groups in total. The molecule has 106 valence electrons. The maximum absolute atomic E-state index is 11.9. The Hall–Kier alpha value is -1.60. The first-order valence-electron chi connectivity index (χ1n) is 5.97. The van der Waals surface area contributed by atoms with Crippen LogP contribution in [-0.2, 0) is 11.8 Å². The Bertz CT molecular complexity index is 603. The van der Waals surface area contributed by atoms with E-state index in [0.29, 0.717) is 10.2 Å². The average molecular weight is 312 g/mol. The van der Waals surface area contributed by atoms with E-state index < -0.39 is 0 Å². The number of amides is 1. The lowest BCUT2D eigenvalue weighted by atomic mass is 10.1. The number of halogens is 1. The molecule has 0 saturated carbocycles. The van der Waals surface area contributed by atoms with Gasteiger partial charge in [-0.05, 0) is 29.0 Å². The van der Waals surface area contributed by atoms with Crippen molar-refractivity contribution in [2.24, 2.45) is 7.05 Å². The van der Waals surface area contributed by atoms with Gasteiger partial charge in [-0.1, -0.05) is 41.6 Å². The maximum Gasteiger partial charge on any atom is 0.230 e. The van der Waals surface area contributed by atoms with E-state index in [2.05, 4.69) is 20.8 Å². The Morgan fingerprint density at radius 3 is 2.90 bits per heavy atom. The molecular weight excluding hydrogens is 298 g/mol. The van der Waals surface area contributed by atoms with E-state index >= 15 is 0 Å². The fraction of sp³-hybridized carbons (Fsp3) is 0.333. The summed E-state index contributed by atoms with van der Waals surface area (Å²) in [4.78, 5) is 11.9. The van der Waals surface area contributed by atoms with Gasteiger partial charge in [-0.15, -0.1) is 5.10 Å². The molecule has 8 heteroatoms. The molecule has 2 rings (SSSR count). The van der Waals surface area contributed by atoms with Crippen LogP contribution < -0.4 is 5.32 Å². The highest BCUT2D eigenvalue weighted by Crippen LogP contribution is 2.22. The molecule has 0 fully saturated rings. The van der Waals surface area contributed by atoms with Crippen LogP contribution in [0, 0.1) is 0 Å². The van der Waals surface area contributed by atoms with Crippen LogP contribution in [0.2, 0.25) is 5.02 Å². The number of carbonyl (C=O) groups is 1. The van der Waals surface area contributed by atoms with E-state index in [1.165, 1.54) is 16.4 Å². The predicted octanol–water partition coefficient (Wildman–Crippen LogP) is 1.83. The number of carbonyl (C=O) groups excluding carboxylic acids is 1. The fourth-order valence-corrected chi connectivity index (χ4v) is 2.62. The molecule has 0 aliphatic heterocycles. The first-order chi connectivity index (χ1) is 9.58. The van der Waals surface area contributed by atoms with Gasteiger partial charge in [0.25, 0.3) is 0 Å². The van der Waals surface area contributed by atoms with Gasteiger partial charge in [0.2, 0.25) is 11.1 Å². The average Bonchev–Trinajstić information content (AvgIpc) is 2.82. The highest BCUT2D eigenvalue weighted by molar-refractivity contribution is 7.99. The summed E-state index contributed by atoms with van der Waals surface area (Å²) in [6.45, 7) is 1.90. The standard InChI is InChI=1S/C12H14ClN5OS/c1-8(9-5-3-4-6-10(9)13)14-11(19)7-20-12-15-16-17-18(12)2/h3-6,8H,7H2,1-2H3,(H,14,19). The van der Waals surface area contributed by atoms with E-state index in [1.54, 1.807) is 13.1 Å². The quantitative estimate of drug-likeness (QED) is 0.853. The number of aryl methyl sites for hydroxylation is 1. The number of nitrogens with one attached hydrogen (secondary N) is 1. The first kappa shape index (κ1) is 14.8. The summed E-state index contributed by atoms with van der Waals surface area (Å²) in [5, 5.41) is 15.2. The van der Waals surface area contributed by atoms with Crippen molar-refractivity contribution < 1.29 is 4.79 Å². The number of hydrogen-bond donors (Lipinski definition) is 1. The van der Waals surface area contributed by atoms with Crippen LogP contribution in [0.15, 0.2) is 29.4 Å². The number of benzene rings is 1. The van der Waals surface area contributed by atoms with Gasteiger partial charge in [-0.3, -0.25) is 4.79 Å². The van der Waals surface area contributed by atoms with E-state index in [9.17, 15) is 4.79 Å². The number of tetrazole rings is 1. The van der Waals surface area contributed by atoms with Gasteiger partial charge >= 0.3 is 0 Å². The molecule has 1 unspecified atom stereocenters. The second-order valence-electron chi connectivity index (χ2n) is 4.18. The number of thioether (sulfide) groups is 1. The van der Waals surface area contributed by atoms with Gasteiger partial charge in [0.1, 0.15) is 0 Å². The largest absolute Gasteiger partial charge is 0.349 e. The summed E-state index contributed by atoms with van der Waals surface area (Å²) in [5.74, 6) is 0.161. The molecule has 0 saturated heterocycles. The normalized spacial score (nSPS) is 12.2. The molecule has 1 aromatic carbocycles. The molecule has 1 amide bonds. The van der Waals surface area contributed by atoms with Gasteiger partial charge in [-0.2, -0.15) is 0 Å². The lowest BCUT2D eigenvalue weighted by molar-refractivity contribution is -0.119. The molecule has 1 atom stereocenters. The highest BCUT2D eigenvalue weighted by Gasteiger charge is 2.13. The van der Waals surface area contributed by atoms with Crippen LogP contribution in [0.3, 0.4) is 0 Å². The van der Waals surface area contributed by atoms with Crippen LogP contribution in [0.4, 0.5) is 0 Å². The smallest absolute Gasteiger partial charge is 0.230 e. The van der Waals surface area contributed by atoms with Crippen LogP contribution >= 0.6 is 23.4 Å². The van der Waals surface area contributed by atoms with Crippen LogP contribution in [0.5, 0.6) is 0 Å². The summed E-state index contributed by atoms with van der Waals surface area (Å²) in [7, 11) is 1.73. The SMILES string of the molecule is CC(NC(=O)CSc1nnnn1C)c1ccccc1Cl. The minimum atomic E-state index is -0.144. The second kappa shape index (κ2) is 6.71. The summed E-state index contributed by atoms with van der Waals surface area (Å²) >= 11 is 7.38. The Morgan fingerprint density at radius 1 is 1.50 bits per heavy atom. The zero-order valence-corrected chi connectivity index (χ0v) is 12.6. The Kier molecular flexibility index (Phi) is 4.97. The molecule has 1 aromatic heterocycles. The maximum atomic E-state index is 11.9. The molecule has 20 heavy (non-hydrogen) atoms. The van der Waals surface area contributed by atoms with Crippen LogP contribution in [0.1, 0.15) is 18.5 Å². The minimum absolute atomic E-state index is 0.0922. The number of aromatic nitrogens is 4. The molecule has 1 heterocycles. The molecule has 2 aromatic rings. The summed E-state index contributed by atoms with van der Waals surface area (Å²) in [5.41, 5.74) is 0.896. The van der Waals surface area contributed by atoms with E-state index in [4.69, 9.17) is 11.6 Å². The third kappa shape index (κ3) is 3.71. The lowest BCUT2D eigenvalue weighted by Crippen LogP contribution is -2.28. The number of hydrogen-bond acceptors (Lipinski definition) is 5. The van der Waals surface area contributed by atoms with Crippen molar-refractivity contribution >= 4 is 29.3 Å². The van der Waals surface area contributed by atoms with Crippen molar-refractivity contribution in [2.45, 2.75) is 18.1 Å². The molecule has 0 spiro atoms. The van der Waals surface area contributed by atoms with Crippen LogP contribution in [-0.4, -0.2) is 31.9 Å². The monoisotopic (exact) mass is 311 g/mol. The van der Waals surface area contributed by atoms with Gasteiger partial charge < -0.3 is 5.32 Å². The van der Waals surface area contributed by atoms with E-state index in [1.807, 2.05) is 25.1 Å².